The fourth-order valence-electron chi connectivity index (χ4n) is 4.94. The summed E-state index contributed by atoms with van der Waals surface area (Å²) in [6.45, 7) is 6.24. The van der Waals surface area contributed by atoms with Gasteiger partial charge in [0.05, 0.1) is 18.0 Å². The Morgan fingerprint density at radius 1 is 0.571 bits per heavy atom. The summed E-state index contributed by atoms with van der Waals surface area (Å²) in [6.07, 6.45) is 0. The standard InChI is InChI=1S/C40H34BrN/c1-40(2,3)33-26-34(41)28-36(27-33)42(35-22-13-21-32(25-35)29-15-7-4-8-16-29)39-37(30-17-9-5-10-18-30)23-14-24-38(39)31-19-11-6-12-20-31/h4-28H,1-3H3/i4D,7D,8D,13D,15D,16D,21D,22D,25D. The molecule has 1 nitrogen and oxygen atoms in total. The maximum absolute atomic E-state index is 9.75. The first-order valence-corrected chi connectivity index (χ1v) is 14.5. The zero-order chi connectivity index (χ0) is 36.9. The maximum atomic E-state index is 9.75. The Hall–Kier alpha value is -4.40. The third kappa shape index (κ3) is 5.82. The van der Waals surface area contributed by atoms with Crippen LogP contribution in [0.1, 0.15) is 38.7 Å². The van der Waals surface area contributed by atoms with Crippen molar-refractivity contribution in [3.8, 4) is 33.4 Å². The average molecular weight is 618 g/mol. The molecule has 0 heterocycles. The maximum Gasteiger partial charge on any atom is 0.0651 e. The normalized spacial score (nSPS) is 14.3. The molecule has 0 aliphatic heterocycles. The number of hydrogen-bond donors (Lipinski definition) is 0. The number of hydrogen-bond acceptors (Lipinski definition) is 1. The van der Waals surface area contributed by atoms with Crippen molar-refractivity contribution < 1.29 is 12.3 Å². The molecule has 6 rings (SSSR count). The van der Waals surface area contributed by atoms with Crippen molar-refractivity contribution in [3.05, 3.63) is 161 Å². The van der Waals surface area contributed by atoms with Gasteiger partial charge in [-0.05, 0) is 63.5 Å². The highest BCUT2D eigenvalue weighted by Crippen LogP contribution is 2.48. The number of nitrogens with zero attached hydrogens (tertiary/aromatic N) is 1. The first-order valence-electron chi connectivity index (χ1n) is 18.2. The van der Waals surface area contributed by atoms with Crippen LogP contribution in [0.5, 0.6) is 0 Å². The predicted molar refractivity (Wildman–Crippen MR) is 184 cm³/mol. The lowest BCUT2D eigenvalue weighted by molar-refractivity contribution is 0.590. The van der Waals surface area contributed by atoms with Crippen molar-refractivity contribution in [2.45, 2.75) is 26.2 Å². The molecule has 206 valence electrons. The van der Waals surface area contributed by atoms with E-state index in [1.54, 1.807) is 4.90 Å². The smallest absolute Gasteiger partial charge is 0.0651 e. The first-order chi connectivity index (χ1) is 24.1. The van der Waals surface area contributed by atoms with Crippen LogP contribution in [0.2, 0.25) is 0 Å². The Kier molecular flexibility index (Phi) is 5.33. The van der Waals surface area contributed by atoms with Crippen molar-refractivity contribution >= 4 is 33.0 Å². The van der Waals surface area contributed by atoms with Crippen LogP contribution in [0.4, 0.5) is 17.1 Å². The van der Waals surface area contributed by atoms with Gasteiger partial charge in [-0.2, -0.15) is 0 Å². The van der Waals surface area contributed by atoms with Gasteiger partial charge in [0, 0.05) is 27.0 Å². The monoisotopic (exact) mass is 616 g/mol. The van der Waals surface area contributed by atoms with Gasteiger partial charge in [-0.25, -0.2) is 0 Å². The molecule has 0 fully saturated rings. The van der Waals surface area contributed by atoms with Crippen LogP contribution in [0.15, 0.2) is 156 Å². The molecular formula is C40H34BrN. The second-order valence-corrected chi connectivity index (χ2v) is 11.9. The van der Waals surface area contributed by atoms with Crippen molar-refractivity contribution in [2.75, 3.05) is 4.90 Å². The fraction of sp³-hybridized carbons (Fsp3) is 0.100. The molecule has 0 amide bonds. The minimum atomic E-state index is -0.618. The molecule has 0 saturated carbocycles. The first kappa shape index (κ1) is 18.9. The Morgan fingerprint density at radius 2 is 1.17 bits per heavy atom. The highest BCUT2D eigenvalue weighted by molar-refractivity contribution is 9.10. The van der Waals surface area contributed by atoms with Crippen LogP contribution in [0.3, 0.4) is 0 Å². The summed E-state index contributed by atoms with van der Waals surface area (Å²) >= 11 is 3.71. The van der Waals surface area contributed by atoms with E-state index >= 15 is 0 Å². The van der Waals surface area contributed by atoms with Crippen LogP contribution in [-0.4, -0.2) is 0 Å². The minimum Gasteiger partial charge on any atom is -0.309 e. The lowest BCUT2D eigenvalue weighted by Crippen LogP contribution is -2.16. The van der Waals surface area contributed by atoms with Gasteiger partial charge in [0.25, 0.3) is 0 Å². The third-order valence-corrected chi connectivity index (χ3v) is 7.48. The highest BCUT2D eigenvalue weighted by Gasteiger charge is 2.24. The van der Waals surface area contributed by atoms with E-state index in [0.717, 1.165) is 32.3 Å². The van der Waals surface area contributed by atoms with E-state index in [0.29, 0.717) is 11.4 Å². The molecule has 0 N–H and O–H groups in total. The molecular weight excluding hydrogens is 574 g/mol. The van der Waals surface area contributed by atoms with Crippen molar-refractivity contribution in [2.24, 2.45) is 0 Å². The van der Waals surface area contributed by atoms with E-state index in [4.69, 9.17) is 9.60 Å². The van der Waals surface area contributed by atoms with E-state index in [1.165, 1.54) is 0 Å². The second-order valence-electron chi connectivity index (χ2n) is 10.9. The summed E-state index contributed by atoms with van der Waals surface area (Å²) in [5, 5.41) is 0. The number of rotatable bonds is 6. The quantitative estimate of drug-likeness (QED) is 0.180. The van der Waals surface area contributed by atoms with E-state index in [2.05, 4.69) is 36.7 Å². The van der Waals surface area contributed by atoms with Gasteiger partial charge < -0.3 is 4.90 Å². The predicted octanol–water partition coefficient (Wildman–Crippen LogP) is 12.2. The minimum absolute atomic E-state index is 0.0728. The van der Waals surface area contributed by atoms with Crippen molar-refractivity contribution in [3.63, 3.8) is 0 Å². The molecule has 0 atom stereocenters. The molecule has 0 aromatic heterocycles. The summed E-state index contributed by atoms with van der Waals surface area (Å²) in [5.41, 5.74) is 4.26. The molecule has 2 heteroatoms. The molecule has 6 aromatic carbocycles. The van der Waals surface area contributed by atoms with Gasteiger partial charge in [0.2, 0.25) is 0 Å². The summed E-state index contributed by atoms with van der Waals surface area (Å²) < 4.78 is 80.2. The molecule has 0 aliphatic rings. The van der Waals surface area contributed by atoms with Gasteiger partial charge in [0.1, 0.15) is 0 Å². The lowest BCUT2D eigenvalue weighted by Gasteiger charge is -2.32. The second kappa shape index (κ2) is 11.8. The van der Waals surface area contributed by atoms with Crippen LogP contribution in [0, 0.1) is 0 Å². The molecule has 6 aromatic rings. The van der Waals surface area contributed by atoms with Gasteiger partial charge >= 0.3 is 0 Å². The largest absolute Gasteiger partial charge is 0.309 e. The van der Waals surface area contributed by atoms with Crippen LogP contribution < -0.4 is 4.90 Å². The van der Waals surface area contributed by atoms with E-state index in [9.17, 15) is 2.74 Å². The summed E-state index contributed by atoms with van der Waals surface area (Å²) in [7, 11) is 0. The van der Waals surface area contributed by atoms with E-state index < -0.39 is 54.4 Å². The van der Waals surface area contributed by atoms with E-state index in [-0.39, 0.29) is 22.2 Å². The Balaban J connectivity index is 1.85. The lowest BCUT2D eigenvalue weighted by atomic mass is 9.86. The van der Waals surface area contributed by atoms with Gasteiger partial charge in [-0.3, -0.25) is 0 Å². The number of anilines is 3. The molecule has 42 heavy (non-hydrogen) atoms. The molecule has 0 unspecified atom stereocenters. The Labute approximate surface area is 270 Å². The van der Waals surface area contributed by atoms with Crippen LogP contribution in [0.25, 0.3) is 33.4 Å². The molecule has 0 aliphatic carbocycles. The van der Waals surface area contributed by atoms with Gasteiger partial charge in [0.15, 0.2) is 0 Å². The van der Waals surface area contributed by atoms with Crippen molar-refractivity contribution in [1.29, 1.82) is 0 Å². The summed E-state index contributed by atoms with van der Waals surface area (Å²) in [6, 6.07) is 26.1. The SMILES string of the molecule is [2H]c1c([2H])c([2H])c(-c2c([2H])c([2H])c([2H])c(N(c3cc(Br)cc(C(C)(C)C)c3)c3c(-c4ccccc4)cccc3-c3ccccc3)c2[2H])c([2H])c1[2H]. The zero-order valence-corrected chi connectivity index (χ0v) is 25.1. The Bertz CT molecular complexity index is 2220. The topological polar surface area (TPSA) is 3.24 Å². The van der Waals surface area contributed by atoms with Crippen LogP contribution >= 0.6 is 15.9 Å². The fourth-order valence-corrected chi connectivity index (χ4v) is 5.42. The summed E-state index contributed by atoms with van der Waals surface area (Å²) in [4.78, 5) is 1.76. The highest BCUT2D eigenvalue weighted by atomic mass is 79.9. The number of benzene rings is 6. The van der Waals surface area contributed by atoms with Gasteiger partial charge in [-0.1, -0.05) is 158 Å². The van der Waals surface area contributed by atoms with E-state index in [1.807, 2.05) is 97.1 Å². The average Bonchev–Trinajstić information content (AvgIpc) is 3.12. The zero-order valence-electron chi connectivity index (χ0n) is 32.6. The molecule has 0 bridgehead atoms. The summed E-state index contributed by atoms with van der Waals surface area (Å²) in [5.74, 6) is 0. The third-order valence-electron chi connectivity index (χ3n) is 7.02. The molecule has 0 spiro atoms. The van der Waals surface area contributed by atoms with Crippen molar-refractivity contribution in [1.82, 2.24) is 0 Å². The molecule has 0 saturated heterocycles. The van der Waals surface area contributed by atoms with Crippen LogP contribution in [-0.2, 0) is 5.41 Å². The Morgan fingerprint density at radius 3 is 1.76 bits per heavy atom. The number of halogens is 1. The number of para-hydroxylation sites is 1. The molecule has 0 radical (unpaired) electrons. The van der Waals surface area contributed by atoms with Gasteiger partial charge in [-0.15, -0.1) is 0 Å².